The van der Waals surface area contributed by atoms with Gasteiger partial charge in [0.2, 0.25) is 0 Å². The van der Waals surface area contributed by atoms with Crippen molar-refractivity contribution in [2.24, 2.45) is 11.8 Å². The molecule has 2 aromatic rings. The molecule has 5 nitrogen and oxygen atoms in total. The molecule has 4 rings (SSSR count). The van der Waals surface area contributed by atoms with Gasteiger partial charge in [-0.05, 0) is 71.2 Å². The summed E-state index contributed by atoms with van der Waals surface area (Å²) >= 11 is 1.83. The summed E-state index contributed by atoms with van der Waals surface area (Å²) in [5, 5.41) is 1.25. The third kappa shape index (κ3) is 4.96. The predicted octanol–water partition coefficient (Wildman–Crippen LogP) is 5.97. The second-order valence-electron chi connectivity index (χ2n) is 10.4. The molecule has 2 aliphatic heterocycles. The standard InChI is InChI=1S/C25H35N3O2S/c1-16-7-9-21(28(14-16)24(29)30-25(3,4)5)18-8-10-22-20(13-18)26-23(31-22)19-11-12-27(6)15-17(19)2/h8-10,13,16-17,19H,7,11-12,14-15H2,1-6H3/t16-,17+,19-/m0/s1. The lowest BCUT2D eigenvalue weighted by Crippen LogP contribution is -2.39. The molecule has 1 aromatic carbocycles. The van der Waals surface area contributed by atoms with Gasteiger partial charge in [0.05, 0.1) is 20.9 Å². The zero-order chi connectivity index (χ0) is 22.3. The van der Waals surface area contributed by atoms with Crippen LogP contribution in [0.25, 0.3) is 15.9 Å². The fraction of sp³-hybridized carbons (Fsp3) is 0.600. The van der Waals surface area contributed by atoms with Gasteiger partial charge in [-0.25, -0.2) is 9.78 Å². The van der Waals surface area contributed by atoms with Crippen molar-refractivity contribution in [3.05, 3.63) is 34.8 Å². The van der Waals surface area contributed by atoms with Gasteiger partial charge in [-0.15, -0.1) is 11.3 Å². The molecule has 6 heteroatoms. The van der Waals surface area contributed by atoms with E-state index in [4.69, 9.17) is 9.72 Å². The minimum atomic E-state index is -0.512. The van der Waals surface area contributed by atoms with Crippen molar-refractivity contribution in [2.75, 3.05) is 26.7 Å². The summed E-state index contributed by atoms with van der Waals surface area (Å²) in [4.78, 5) is 22.2. The summed E-state index contributed by atoms with van der Waals surface area (Å²) < 4.78 is 6.92. The van der Waals surface area contributed by atoms with E-state index in [1.807, 2.05) is 32.1 Å². The lowest BCUT2D eigenvalue weighted by atomic mass is 9.88. The number of benzene rings is 1. The van der Waals surface area contributed by atoms with Crippen LogP contribution in [0.2, 0.25) is 0 Å². The number of allylic oxidation sites excluding steroid dienone is 1. The largest absolute Gasteiger partial charge is 0.443 e. The van der Waals surface area contributed by atoms with Crippen molar-refractivity contribution >= 4 is 33.3 Å². The number of fused-ring (bicyclic) bond motifs is 1. The predicted molar refractivity (Wildman–Crippen MR) is 128 cm³/mol. The Kier molecular flexibility index (Phi) is 6.14. The van der Waals surface area contributed by atoms with E-state index < -0.39 is 5.60 Å². The Morgan fingerprint density at radius 3 is 2.71 bits per heavy atom. The monoisotopic (exact) mass is 441 g/mol. The first-order valence-electron chi connectivity index (χ1n) is 11.4. The van der Waals surface area contributed by atoms with Crippen molar-refractivity contribution in [1.82, 2.24) is 14.8 Å². The van der Waals surface area contributed by atoms with Gasteiger partial charge in [0.15, 0.2) is 0 Å². The van der Waals surface area contributed by atoms with Crippen LogP contribution in [0, 0.1) is 11.8 Å². The van der Waals surface area contributed by atoms with Gasteiger partial charge in [0.1, 0.15) is 5.60 Å². The van der Waals surface area contributed by atoms with E-state index in [1.54, 1.807) is 4.90 Å². The maximum absolute atomic E-state index is 12.9. The fourth-order valence-electron chi connectivity index (χ4n) is 4.66. The highest BCUT2D eigenvalue weighted by Gasteiger charge is 2.30. The molecule has 1 aromatic heterocycles. The van der Waals surface area contributed by atoms with Gasteiger partial charge in [0, 0.05) is 24.6 Å². The number of nitrogens with zero attached hydrogens (tertiary/aromatic N) is 3. The number of likely N-dealkylation sites (tertiary alicyclic amines) is 1. The van der Waals surface area contributed by atoms with Gasteiger partial charge in [-0.2, -0.15) is 0 Å². The summed E-state index contributed by atoms with van der Waals surface area (Å²) in [5.41, 5.74) is 2.50. The Morgan fingerprint density at radius 1 is 1.23 bits per heavy atom. The second-order valence-corrected chi connectivity index (χ2v) is 11.5. The van der Waals surface area contributed by atoms with E-state index in [2.05, 4.69) is 50.1 Å². The first-order chi connectivity index (χ1) is 14.6. The van der Waals surface area contributed by atoms with Crippen LogP contribution in [0.1, 0.15) is 63.9 Å². The number of rotatable bonds is 2. The molecule has 0 aliphatic carbocycles. The number of piperidine rings is 1. The highest BCUT2D eigenvalue weighted by atomic mass is 32.1. The van der Waals surface area contributed by atoms with Gasteiger partial charge in [0.25, 0.3) is 0 Å². The average molecular weight is 442 g/mol. The van der Waals surface area contributed by atoms with Crippen molar-refractivity contribution in [2.45, 2.75) is 59.0 Å². The summed E-state index contributed by atoms with van der Waals surface area (Å²) in [5.74, 6) is 1.56. The zero-order valence-electron chi connectivity index (χ0n) is 19.6. The third-order valence-corrected chi connectivity index (χ3v) is 7.41. The molecule has 0 N–H and O–H groups in total. The van der Waals surface area contributed by atoms with E-state index in [9.17, 15) is 4.79 Å². The average Bonchev–Trinajstić information content (AvgIpc) is 3.09. The van der Waals surface area contributed by atoms with Crippen molar-refractivity contribution in [3.63, 3.8) is 0 Å². The minimum absolute atomic E-state index is 0.274. The quantitative estimate of drug-likeness (QED) is 0.576. The van der Waals surface area contributed by atoms with E-state index in [0.29, 0.717) is 24.3 Å². The first-order valence-corrected chi connectivity index (χ1v) is 12.2. The number of thiazole rings is 1. The Balaban J connectivity index is 1.63. The molecule has 1 saturated heterocycles. The van der Waals surface area contributed by atoms with Crippen LogP contribution in [0.5, 0.6) is 0 Å². The van der Waals surface area contributed by atoms with Crippen LogP contribution < -0.4 is 0 Å². The number of carbonyl (C=O) groups is 1. The molecule has 168 valence electrons. The number of hydrogen-bond donors (Lipinski definition) is 0. The van der Waals surface area contributed by atoms with Crippen molar-refractivity contribution < 1.29 is 9.53 Å². The van der Waals surface area contributed by atoms with E-state index in [1.165, 1.54) is 16.1 Å². The fourth-order valence-corrected chi connectivity index (χ4v) is 5.87. The lowest BCUT2D eigenvalue weighted by molar-refractivity contribution is 0.0327. The molecule has 1 amide bonds. The van der Waals surface area contributed by atoms with Crippen molar-refractivity contribution in [3.8, 4) is 0 Å². The number of aromatic nitrogens is 1. The Labute approximate surface area is 190 Å². The Morgan fingerprint density at radius 2 is 2.00 bits per heavy atom. The molecule has 2 aliphatic rings. The number of amides is 1. The molecule has 0 saturated carbocycles. The Hall–Kier alpha value is -1.92. The van der Waals surface area contributed by atoms with E-state index in [0.717, 1.165) is 36.3 Å². The number of carbonyl (C=O) groups excluding carboxylic acids is 1. The van der Waals surface area contributed by atoms with Gasteiger partial charge in [-0.1, -0.05) is 26.0 Å². The Bertz CT molecular complexity index is 990. The molecular weight excluding hydrogens is 406 g/mol. The summed E-state index contributed by atoms with van der Waals surface area (Å²) in [7, 11) is 2.20. The van der Waals surface area contributed by atoms with Gasteiger partial charge < -0.3 is 9.64 Å². The molecule has 0 radical (unpaired) electrons. The molecule has 3 atom stereocenters. The van der Waals surface area contributed by atoms with Gasteiger partial charge >= 0.3 is 6.09 Å². The van der Waals surface area contributed by atoms with Crippen LogP contribution in [0.3, 0.4) is 0 Å². The van der Waals surface area contributed by atoms with Crippen LogP contribution in [0.15, 0.2) is 24.3 Å². The smallest absolute Gasteiger partial charge is 0.414 e. The van der Waals surface area contributed by atoms with Crippen LogP contribution in [-0.4, -0.2) is 53.2 Å². The molecule has 1 fully saturated rings. The zero-order valence-corrected chi connectivity index (χ0v) is 20.5. The van der Waals surface area contributed by atoms with E-state index >= 15 is 0 Å². The van der Waals surface area contributed by atoms with Crippen LogP contribution >= 0.6 is 11.3 Å². The third-order valence-electron chi connectivity index (χ3n) is 6.24. The van der Waals surface area contributed by atoms with E-state index in [-0.39, 0.29) is 6.09 Å². The summed E-state index contributed by atoms with van der Waals surface area (Å²) in [6.07, 6.45) is 4.03. The maximum Gasteiger partial charge on any atom is 0.414 e. The molecule has 31 heavy (non-hydrogen) atoms. The molecule has 3 heterocycles. The molecule has 0 spiro atoms. The highest BCUT2D eigenvalue weighted by Crippen LogP contribution is 2.38. The van der Waals surface area contributed by atoms with Crippen LogP contribution in [-0.2, 0) is 4.74 Å². The minimum Gasteiger partial charge on any atom is -0.443 e. The normalized spacial score (nSPS) is 25.5. The maximum atomic E-state index is 12.9. The summed E-state index contributed by atoms with van der Waals surface area (Å²) in [6.45, 7) is 13.2. The molecule has 0 bridgehead atoms. The number of ether oxygens (including phenoxy) is 1. The van der Waals surface area contributed by atoms with Crippen molar-refractivity contribution in [1.29, 1.82) is 0 Å². The molecule has 0 unspecified atom stereocenters. The SMILES string of the molecule is C[C@H]1CC=C(c2ccc3sc([C@H]4CCN(C)C[C@H]4C)nc3c2)N(C(=O)OC(C)(C)C)C1. The highest BCUT2D eigenvalue weighted by molar-refractivity contribution is 7.18. The summed E-state index contributed by atoms with van der Waals surface area (Å²) in [6, 6.07) is 6.44. The van der Waals surface area contributed by atoms with Crippen LogP contribution in [0.4, 0.5) is 4.79 Å². The number of hydrogen-bond acceptors (Lipinski definition) is 5. The molecular formula is C25H35N3O2S. The topological polar surface area (TPSA) is 45.7 Å². The second kappa shape index (κ2) is 8.55. The lowest BCUT2D eigenvalue weighted by Gasteiger charge is -2.34. The van der Waals surface area contributed by atoms with Gasteiger partial charge in [-0.3, -0.25) is 4.90 Å². The first kappa shape index (κ1) is 22.3.